The van der Waals surface area contributed by atoms with Gasteiger partial charge in [0.2, 0.25) is 16.0 Å². The van der Waals surface area contributed by atoms with Crippen LogP contribution >= 0.6 is 11.6 Å². The van der Waals surface area contributed by atoms with Crippen LogP contribution in [0.25, 0.3) is 0 Å². The smallest absolute Gasteiger partial charge is 0.242 e. The van der Waals surface area contributed by atoms with Gasteiger partial charge in [-0.25, -0.2) is 18.1 Å². The number of sulfonamides is 1. The van der Waals surface area contributed by atoms with Gasteiger partial charge in [-0.3, -0.25) is 0 Å². The molecule has 35 heavy (non-hydrogen) atoms. The first kappa shape index (κ1) is 25.0. The average Bonchev–Trinajstić information content (AvgIpc) is 3.29. The Morgan fingerprint density at radius 3 is 2.69 bits per heavy atom. The van der Waals surface area contributed by atoms with E-state index in [0.717, 1.165) is 18.8 Å². The van der Waals surface area contributed by atoms with Crippen molar-refractivity contribution < 1.29 is 13.2 Å². The van der Waals surface area contributed by atoms with E-state index < -0.39 is 10.0 Å². The highest BCUT2D eigenvalue weighted by Crippen LogP contribution is 2.35. The van der Waals surface area contributed by atoms with E-state index in [0.29, 0.717) is 29.6 Å². The maximum absolute atomic E-state index is 12.4. The van der Waals surface area contributed by atoms with Crippen molar-refractivity contribution in [2.45, 2.75) is 25.2 Å². The average molecular weight is 517 g/mol. The van der Waals surface area contributed by atoms with Crippen LogP contribution in [0.3, 0.4) is 0 Å². The van der Waals surface area contributed by atoms with Gasteiger partial charge in [0.15, 0.2) is 5.82 Å². The zero-order valence-corrected chi connectivity index (χ0v) is 21.4. The lowest BCUT2D eigenvalue weighted by Gasteiger charge is -2.21. The molecular weight excluding hydrogens is 488 g/mol. The number of anilines is 5. The summed E-state index contributed by atoms with van der Waals surface area (Å²) in [7, 11) is -2.32. The highest BCUT2D eigenvalue weighted by molar-refractivity contribution is 7.89. The summed E-state index contributed by atoms with van der Waals surface area (Å²) in [5, 5.41) is 6.46. The summed E-state index contributed by atoms with van der Waals surface area (Å²) in [6, 6.07) is 12.5. The first-order valence-corrected chi connectivity index (χ1v) is 13.3. The number of hydrogen-bond donors (Lipinski definition) is 3. The Morgan fingerprint density at radius 2 is 1.97 bits per heavy atom. The van der Waals surface area contributed by atoms with Gasteiger partial charge in [0.05, 0.1) is 24.2 Å². The molecule has 186 valence electrons. The van der Waals surface area contributed by atoms with Gasteiger partial charge in [0, 0.05) is 24.8 Å². The van der Waals surface area contributed by atoms with Gasteiger partial charge >= 0.3 is 0 Å². The summed E-state index contributed by atoms with van der Waals surface area (Å²) in [6.07, 6.45) is 2.63. The number of benzene rings is 2. The number of para-hydroxylation sites is 1. The molecule has 3 aromatic rings. The van der Waals surface area contributed by atoms with Crippen molar-refractivity contribution in [3.05, 3.63) is 53.7 Å². The Hall–Kier alpha value is -3.08. The third-order valence-corrected chi connectivity index (χ3v) is 7.49. The first-order chi connectivity index (χ1) is 16.8. The van der Waals surface area contributed by atoms with E-state index in [-0.39, 0.29) is 21.7 Å². The fraction of sp³-hybridized carbons (Fsp3) is 0.333. The van der Waals surface area contributed by atoms with Gasteiger partial charge < -0.3 is 20.3 Å². The van der Waals surface area contributed by atoms with Crippen molar-refractivity contribution in [3.63, 3.8) is 0 Å². The minimum Gasteiger partial charge on any atom is -0.492 e. The van der Waals surface area contributed by atoms with Crippen molar-refractivity contribution in [2.75, 3.05) is 42.3 Å². The van der Waals surface area contributed by atoms with E-state index in [2.05, 4.69) is 43.2 Å². The van der Waals surface area contributed by atoms with Gasteiger partial charge in [0.1, 0.15) is 15.7 Å². The van der Waals surface area contributed by atoms with Gasteiger partial charge in [-0.2, -0.15) is 4.98 Å². The molecule has 0 saturated carbocycles. The van der Waals surface area contributed by atoms with Gasteiger partial charge in [-0.15, -0.1) is 0 Å². The zero-order valence-electron chi connectivity index (χ0n) is 19.9. The van der Waals surface area contributed by atoms with Crippen molar-refractivity contribution >= 4 is 50.5 Å². The lowest BCUT2D eigenvalue weighted by Crippen LogP contribution is -2.19. The topological polar surface area (TPSA) is 108 Å². The molecule has 1 aromatic heterocycles. The van der Waals surface area contributed by atoms with Crippen molar-refractivity contribution in [2.24, 2.45) is 5.92 Å². The monoisotopic (exact) mass is 516 g/mol. The number of aromatic nitrogens is 2. The molecule has 1 aliphatic heterocycles. The quantitative estimate of drug-likeness (QED) is 0.373. The number of hydrogen-bond acceptors (Lipinski definition) is 8. The molecule has 1 saturated heterocycles. The molecule has 1 atom stereocenters. The Labute approximate surface area is 210 Å². The Bertz CT molecular complexity index is 1300. The molecule has 1 fully saturated rings. The van der Waals surface area contributed by atoms with Crippen molar-refractivity contribution in [1.82, 2.24) is 14.7 Å². The van der Waals surface area contributed by atoms with Crippen LogP contribution in [-0.4, -0.2) is 45.1 Å². The van der Waals surface area contributed by atoms with E-state index in [1.165, 1.54) is 25.7 Å². The van der Waals surface area contributed by atoms with E-state index in [9.17, 15) is 8.42 Å². The largest absolute Gasteiger partial charge is 0.492 e. The third kappa shape index (κ3) is 5.77. The molecule has 1 aliphatic rings. The third-order valence-electron chi connectivity index (χ3n) is 5.74. The molecule has 0 radical (unpaired) electrons. The maximum Gasteiger partial charge on any atom is 0.242 e. The van der Waals surface area contributed by atoms with E-state index in [1.54, 1.807) is 18.2 Å². The maximum atomic E-state index is 12.4. The minimum absolute atomic E-state index is 0.0807. The van der Waals surface area contributed by atoms with E-state index >= 15 is 0 Å². The highest BCUT2D eigenvalue weighted by atomic mass is 35.5. The number of nitrogens with zero attached hydrogens (tertiary/aromatic N) is 3. The minimum atomic E-state index is -3.68. The van der Waals surface area contributed by atoms with Crippen LogP contribution in [0.4, 0.5) is 28.8 Å². The lowest BCUT2D eigenvalue weighted by molar-refractivity contribution is 0.342. The summed E-state index contributed by atoms with van der Waals surface area (Å²) in [4.78, 5) is 11.2. The molecule has 0 amide bonds. The summed E-state index contributed by atoms with van der Waals surface area (Å²) in [5.41, 5.74) is 2.17. The molecule has 4 rings (SSSR count). The number of ether oxygens (including phenoxy) is 1. The van der Waals surface area contributed by atoms with Crippen LogP contribution in [0.1, 0.15) is 20.3 Å². The van der Waals surface area contributed by atoms with Crippen LogP contribution in [0.5, 0.6) is 5.75 Å². The Morgan fingerprint density at radius 1 is 1.17 bits per heavy atom. The molecule has 0 bridgehead atoms. The predicted octanol–water partition coefficient (Wildman–Crippen LogP) is 4.77. The summed E-state index contributed by atoms with van der Waals surface area (Å²) in [6.45, 7) is 6.76. The van der Waals surface area contributed by atoms with Crippen LogP contribution in [0.2, 0.25) is 5.02 Å². The first-order valence-electron chi connectivity index (χ1n) is 11.4. The zero-order chi connectivity index (χ0) is 25.0. The molecule has 11 heteroatoms. The fourth-order valence-corrected chi connectivity index (χ4v) is 4.96. The second kappa shape index (κ2) is 10.7. The number of rotatable bonds is 9. The molecule has 0 unspecified atom stereocenters. The highest BCUT2D eigenvalue weighted by Gasteiger charge is 2.21. The molecule has 2 heterocycles. The van der Waals surface area contributed by atoms with Gasteiger partial charge in [-0.1, -0.05) is 30.7 Å². The molecule has 0 aliphatic carbocycles. The number of halogens is 1. The summed E-state index contributed by atoms with van der Waals surface area (Å²) < 4.78 is 33.0. The Kier molecular flexibility index (Phi) is 7.63. The lowest BCUT2D eigenvalue weighted by atomic mass is 10.2. The second-order valence-corrected chi connectivity index (χ2v) is 10.6. The number of nitrogens with one attached hydrogen (secondary N) is 3. The van der Waals surface area contributed by atoms with Crippen molar-refractivity contribution in [3.8, 4) is 5.75 Å². The predicted molar refractivity (Wildman–Crippen MR) is 140 cm³/mol. The normalized spacial score (nSPS) is 15.8. The fourth-order valence-electron chi connectivity index (χ4n) is 3.93. The van der Waals surface area contributed by atoms with Crippen LogP contribution in [0.15, 0.2) is 53.6 Å². The SMILES string of the molecule is CCOc1cc(N2CC[C@H](C)C2)ccc1Nc1ncc(Cl)c(Nc2ccccc2S(=O)(=O)NC)n1. The summed E-state index contributed by atoms with van der Waals surface area (Å²) >= 11 is 6.33. The Balaban J connectivity index is 1.60. The van der Waals surface area contributed by atoms with E-state index in [1.807, 2.05) is 19.1 Å². The van der Waals surface area contributed by atoms with Crippen LogP contribution < -0.4 is 25.0 Å². The molecule has 2 aromatic carbocycles. The second-order valence-electron chi connectivity index (χ2n) is 8.30. The van der Waals surface area contributed by atoms with Crippen LogP contribution in [-0.2, 0) is 10.0 Å². The summed E-state index contributed by atoms with van der Waals surface area (Å²) in [5.74, 6) is 1.92. The molecule has 0 spiro atoms. The van der Waals surface area contributed by atoms with Gasteiger partial charge in [0.25, 0.3) is 0 Å². The molecule has 3 N–H and O–H groups in total. The molecule has 9 nitrogen and oxygen atoms in total. The van der Waals surface area contributed by atoms with Crippen molar-refractivity contribution in [1.29, 1.82) is 0 Å². The standard InChI is InChI=1S/C24H29ClN6O3S/c1-4-34-21-13-17(31-12-11-16(2)15-31)9-10-19(21)29-24-27-14-18(25)23(30-24)28-20-7-5-6-8-22(20)35(32,33)26-3/h5-10,13-14,16,26H,4,11-12,15H2,1-3H3,(H2,27,28,29,30)/t16-/m0/s1. The van der Waals surface area contributed by atoms with E-state index in [4.69, 9.17) is 16.3 Å². The van der Waals surface area contributed by atoms with Crippen LogP contribution in [0, 0.1) is 5.92 Å². The van der Waals surface area contributed by atoms with Gasteiger partial charge in [-0.05, 0) is 50.6 Å². The molecular formula is C24H29ClN6O3S.